The zero-order chi connectivity index (χ0) is 21.5. The molecule has 30 heavy (non-hydrogen) atoms. The number of fused-ring (bicyclic) bond motifs is 1. The maximum absolute atomic E-state index is 10.9. The summed E-state index contributed by atoms with van der Waals surface area (Å²) in [7, 11) is 0. The minimum absolute atomic E-state index is 0.154. The first-order valence-corrected chi connectivity index (χ1v) is 10.4. The lowest BCUT2D eigenvalue weighted by Crippen LogP contribution is -2.10. The summed E-state index contributed by atoms with van der Waals surface area (Å²) in [6.07, 6.45) is 3.06. The number of aliphatic carboxylic acids is 1. The minimum Gasteiger partial charge on any atom is -0.481 e. The summed E-state index contributed by atoms with van der Waals surface area (Å²) in [5.41, 5.74) is 6.65. The Kier molecular flexibility index (Phi) is 7.21. The molecule has 6 heteroatoms. The van der Waals surface area contributed by atoms with Crippen molar-refractivity contribution in [3.05, 3.63) is 58.9 Å². The predicted octanol–water partition coefficient (Wildman–Crippen LogP) is 4.77. The smallest absolute Gasteiger partial charge is 0.303 e. The van der Waals surface area contributed by atoms with Crippen LogP contribution in [-0.4, -0.2) is 27.3 Å². The third-order valence-electron chi connectivity index (χ3n) is 5.21. The maximum Gasteiger partial charge on any atom is 0.303 e. The van der Waals surface area contributed by atoms with Crippen molar-refractivity contribution in [1.29, 1.82) is 5.26 Å². The van der Waals surface area contributed by atoms with Crippen molar-refractivity contribution in [2.75, 3.05) is 6.61 Å². The number of carboxylic acids is 1. The van der Waals surface area contributed by atoms with E-state index < -0.39 is 5.97 Å². The van der Waals surface area contributed by atoms with Crippen LogP contribution in [-0.2, 0) is 29.0 Å². The Morgan fingerprint density at radius 3 is 2.77 bits per heavy atom. The standard InChI is InChI=1S/C24H27N3O3/c1-3-19-12-13-22-24(18-9-7-8-17(14-18)15-25)20(10-5-6-11-23(28)29)21(16-30-4-2)26-27(19)22/h7-9,12-14H,3-6,10-11,16H2,1-2H3,(H,28,29). The number of carboxylic acid groups (broad SMARTS) is 1. The van der Waals surface area contributed by atoms with E-state index in [0.717, 1.165) is 46.4 Å². The van der Waals surface area contributed by atoms with Gasteiger partial charge in [-0.25, -0.2) is 4.52 Å². The number of ether oxygens (including phenoxy) is 1. The van der Waals surface area contributed by atoms with Gasteiger partial charge in [0, 0.05) is 24.3 Å². The first-order valence-electron chi connectivity index (χ1n) is 10.4. The summed E-state index contributed by atoms with van der Waals surface area (Å²) >= 11 is 0. The lowest BCUT2D eigenvalue weighted by molar-refractivity contribution is -0.137. The summed E-state index contributed by atoms with van der Waals surface area (Å²) in [5.74, 6) is -0.778. The molecule has 0 unspecified atom stereocenters. The molecule has 0 fully saturated rings. The third kappa shape index (κ3) is 4.69. The molecule has 0 aliphatic carbocycles. The van der Waals surface area contributed by atoms with Crippen molar-refractivity contribution in [3.8, 4) is 17.2 Å². The molecule has 6 nitrogen and oxygen atoms in total. The lowest BCUT2D eigenvalue weighted by atomic mass is 9.93. The van der Waals surface area contributed by atoms with Crippen LogP contribution in [0.2, 0.25) is 0 Å². The van der Waals surface area contributed by atoms with Gasteiger partial charge in [0.25, 0.3) is 0 Å². The van der Waals surface area contributed by atoms with Gasteiger partial charge < -0.3 is 9.84 Å². The van der Waals surface area contributed by atoms with Gasteiger partial charge in [-0.15, -0.1) is 0 Å². The highest BCUT2D eigenvalue weighted by Gasteiger charge is 2.19. The fourth-order valence-electron chi connectivity index (χ4n) is 3.75. The molecule has 1 aromatic carbocycles. The van der Waals surface area contributed by atoms with E-state index in [4.69, 9.17) is 14.9 Å². The number of rotatable bonds is 10. The van der Waals surface area contributed by atoms with Gasteiger partial charge in [-0.05, 0) is 68.0 Å². The Morgan fingerprint density at radius 1 is 1.23 bits per heavy atom. The summed E-state index contributed by atoms with van der Waals surface area (Å²) in [6, 6.07) is 14.0. The van der Waals surface area contributed by atoms with Gasteiger partial charge in [0.05, 0.1) is 29.5 Å². The van der Waals surface area contributed by atoms with Gasteiger partial charge in [-0.2, -0.15) is 10.4 Å². The van der Waals surface area contributed by atoms with Gasteiger partial charge >= 0.3 is 5.97 Å². The number of nitrogens with zero attached hydrogens (tertiary/aromatic N) is 3. The Balaban J connectivity index is 2.18. The van der Waals surface area contributed by atoms with Crippen LogP contribution >= 0.6 is 0 Å². The number of aromatic nitrogens is 2. The number of hydrogen-bond acceptors (Lipinski definition) is 4. The van der Waals surface area contributed by atoms with Crippen molar-refractivity contribution in [2.24, 2.45) is 0 Å². The zero-order valence-electron chi connectivity index (χ0n) is 17.5. The molecule has 0 saturated carbocycles. The Bertz CT molecular complexity index is 1080. The Labute approximate surface area is 176 Å². The molecule has 156 valence electrons. The monoisotopic (exact) mass is 405 g/mol. The third-order valence-corrected chi connectivity index (χ3v) is 5.21. The Morgan fingerprint density at radius 2 is 2.07 bits per heavy atom. The molecule has 3 rings (SSSR count). The van der Waals surface area contributed by atoms with E-state index in [1.165, 1.54) is 0 Å². The van der Waals surface area contributed by atoms with Crippen LogP contribution in [0, 0.1) is 11.3 Å². The van der Waals surface area contributed by atoms with E-state index in [1.807, 2.05) is 29.6 Å². The molecule has 0 aliphatic rings. The lowest BCUT2D eigenvalue weighted by Gasteiger charge is -2.18. The van der Waals surface area contributed by atoms with Crippen LogP contribution in [0.15, 0.2) is 36.4 Å². The highest BCUT2D eigenvalue weighted by Crippen LogP contribution is 2.33. The number of aryl methyl sites for hydroxylation is 1. The van der Waals surface area contributed by atoms with Crippen molar-refractivity contribution in [3.63, 3.8) is 0 Å². The van der Waals surface area contributed by atoms with E-state index in [-0.39, 0.29) is 6.42 Å². The van der Waals surface area contributed by atoms with Gasteiger partial charge in [0.2, 0.25) is 0 Å². The number of carbonyl (C=O) groups is 1. The van der Waals surface area contributed by atoms with Gasteiger partial charge in [0.15, 0.2) is 0 Å². The number of unbranched alkanes of at least 4 members (excludes halogenated alkanes) is 1. The molecule has 0 radical (unpaired) electrons. The number of nitriles is 1. The molecule has 1 N–H and O–H groups in total. The van der Waals surface area contributed by atoms with Crippen molar-refractivity contribution >= 4 is 11.5 Å². The minimum atomic E-state index is -0.778. The Hall–Kier alpha value is -3.17. The van der Waals surface area contributed by atoms with Crippen LogP contribution in [0.5, 0.6) is 0 Å². The summed E-state index contributed by atoms with van der Waals surface area (Å²) < 4.78 is 7.69. The fourth-order valence-corrected chi connectivity index (χ4v) is 3.75. The van der Waals surface area contributed by atoms with Crippen molar-refractivity contribution in [2.45, 2.75) is 52.6 Å². The van der Waals surface area contributed by atoms with Gasteiger partial charge in [0.1, 0.15) is 0 Å². The second kappa shape index (κ2) is 10.0. The highest BCUT2D eigenvalue weighted by molar-refractivity contribution is 5.84. The van der Waals surface area contributed by atoms with E-state index in [0.29, 0.717) is 31.6 Å². The highest BCUT2D eigenvalue weighted by atomic mass is 16.5. The largest absolute Gasteiger partial charge is 0.481 e. The van der Waals surface area contributed by atoms with Crippen molar-refractivity contribution < 1.29 is 14.6 Å². The first-order chi connectivity index (χ1) is 14.6. The van der Waals surface area contributed by atoms with Crippen molar-refractivity contribution in [1.82, 2.24) is 9.61 Å². The van der Waals surface area contributed by atoms with E-state index in [1.54, 1.807) is 6.07 Å². The van der Waals surface area contributed by atoms with E-state index in [2.05, 4.69) is 25.1 Å². The number of benzene rings is 1. The average molecular weight is 405 g/mol. The van der Waals surface area contributed by atoms with E-state index >= 15 is 0 Å². The fraction of sp³-hybridized carbons (Fsp3) is 0.375. The molecule has 0 spiro atoms. The molecule has 2 heterocycles. The molecule has 0 atom stereocenters. The maximum atomic E-state index is 10.9. The quantitative estimate of drug-likeness (QED) is 0.491. The zero-order valence-corrected chi connectivity index (χ0v) is 17.5. The summed E-state index contributed by atoms with van der Waals surface area (Å²) in [6.45, 7) is 5.04. The van der Waals surface area contributed by atoms with Crippen LogP contribution in [0.4, 0.5) is 0 Å². The molecule has 3 aromatic rings. The van der Waals surface area contributed by atoms with Gasteiger partial charge in [-0.3, -0.25) is 4.79 Å². The summed E-state index contributed by atoms with van der Waals surface area (Å²) in [4.78, 5) is 10.9. The molecule has 0 bridgehead atoms. The average Bonchev–Trinajstić information content (AvgIpc) is 3.17. The molecule has 0 saturated heterocycles. The molecule has 0 aliphatic heterocycles. The van der Waals surface area contributed by atoms with Crippen LogP contribution < -0.4 is 0 Å². The second-order valence-electron chi connectivity index (χ2n) is 7.21. The normalized spacial score (nSPS) is 11.0. The molecular formula is C24H27N3O3. The van der Waals surface area contributed by atoms with E-state index in [9.17, 15) is 10.1 Å². The van der Waals surface area contributed by atoms with Crippen LogP contribution in [0.25, 0.3) is 16.6 Å². The predicted molar refractivity (Wildman–Crippen MR) is 115 cm³/mol. The molecule has 0 amide bonds. The first kappa shape index (κ1) is 21.5. The summed E-state index contributed by atoms with van der Waals surface area (Å²) in [5, 5.41) is 23.3. The van der Waals surface area contributed by atoms with Crippen LogP contribution in [0.3, 0.4) is 0 Å². The molecular weight excluding hydrogens is 378 g/mol. The molecule has 2 aromatic heterocycles. The second-order valence-corrected chi connectivity index (χ2v) is 7.21. The SMILES string of the molecule is CCOCc1nn2c(CC)ccc2c(-c2cccc(C#N)c2)c1CCCCC(=O)O. The van der Waals surface area contributed by atoms with Crippen LogP contribution in [0.1, 0.15) is 55.6 Å². The van der Waals surface area contributed by atoms with Gasteiger partial charge in [-0.1, -0.05) is 19.1 Å². The number of hydrogen-bond donors (Lipinski definition) is 1. The topological polar surface area (TPSA) is 87.6 Å².